The van der Waals surface area contributed by atoms with Crippen molar-refractivity contribution in [2.45, 2.75) is 27.1 Å². The van der Waals surface area contributed by atoms with E-state index in [9.17, 15) is 19.5 Å². The molecule has 0 bridgehead atoms. The smallest absolute Gasteiger partial charge is 0.353 e. The standard InChI is InChI=1S/C22H16BrCl3N2O4S3/c23-12-5-10(7-24)1-3-14(12)35-16-8-34-21-18(20(30)28(21)19(16)22(31)32)27-17(29)9-33-15-4-2-11(25)6-13(15)26/h1-6,18,21H,7-9H2,(H,27,29)(H,31,32)/t18-,21+/m1/s1. The number of amides is 2. The van der Waals surface area contributed by atoms with E-state index in [0.717, 1.165) is 14.9 Å². The first-order chi connectivity index (χ1) is 16.7. The summed E-state index contributed by atoms with van der Waals surface area (Å²) in [4.78, 5) is 40.8. The summed E-state index contributed by atoms with van der Waals surface area (Å²) in [5, 5.41) is 13.1. The first kappa shape index (κ1) is 27.0. The second kappa shape index (κ2) is 11.6. The SMILES string of the molecule is O=C(CSc1ccc(Cl)cc1Cl)N[C@@H]1C(=O)N2C(C(=O)O)=C(Sc3ccc(CCl)cc3Br)CS[C@@H]12. The van der Waals surface area contributed by atoms with Gasteiger partial charge in [0.1, 0.15) is 17.1 Å². The van der Waals surface area contributed by atoms with E-state index < -0.39 is 23.3 Å². The number of hydrogen-bond acceptors (Lipinski definition) is 6. The molecule has 0 spiro atoms. The minimum Gasteiger partial charge on any atom is -0.477 e. The van der Waals surface area contributed by atoms with Crippen molar-refractivity contribution >= 4 is 104 Å². The fraction of sp³-hybridized carbons (Fsp3) is 0.227. The van der Waals surface area contributed by atoms with Gasteiger partial charge in [-0.15, -0.1) is 35.1 Å². The molecule has 0 unspecified atom stereocenters. The van der Waals surface area contributed by atoms with Gasteiger partial charge in [0.25, 0.3) is 5.91 Å². The van der Waals surface area contributed by atoms with Crippen molar-refractivity contribution < 1.29 is 19.5 Å². The lowest BCUT2D eigenvalue weighted by Gasteiger charge is -2.49. The molecule has 0 radical (unpaired) electrons. The molecule has 2 aliphatic heterocycles. The number of hydrogen-bond donors (Lipinski definition) is 2. The molecule has 2 atom stereocenters. The highest BCUT2D eigenvalue weighted by Crippen LogP contribution is 2.46. The molecule has 13 heteroatoms. The lowest BCUT2D eigenvalue weighted by atomic mass is 10.1. The average molecular weight is 655 g/mol. The van der Waals surface area contributed by atoms with Crippen molar-refractivity contribution in [1.82, 2.24) is 10.2 Å². The zero-order chi connectivity index (χ0) is 25.3. The van der Waals surface area contributed by atoms with Crippen LogP contribution in [0.1, 0.15) is 5.56 Å². The van der Waals surface area contributed by atoms with Gasteiger partial charge >= 0.3 is 5.97 Å². The number of alkyl halides is 1. The van der Waals surface area contributed by atoms with Gasteiger partial charge in [-0.05, 0) is 51.8 Å². The quantitative estimate of drug-likeness (QED) is 0.203. The maximum Gasteiger partial charge on any atom is 0.353 e. The summed E-state index contributed by atoms with van der Waals surface area (Å²) >= 11 is 25.3. The minimum atomic E-state index is -1.18. The van der Waals surface area contributed by atoms with Crippen molar-refractivity contribution in [3.8, 4) is 0 Å². The second-order valence-corrected chi connectivity index (χ2v) is 12.6. The van der Waals surface area contributed by atoms with Gasteiger partial charge < -0.3 is 10.4 Å². The van der Waals surface area contributed by atoms with Gasteiger partial charge in [-0.3, -0.25) is 14.5 Å². The highest BCUT2D eigenvalue weighted by molar-refractivity contribution is 9.10. The molecule has 1 fully saturated rings. The number of aliphatic carboxylic acids is 1. The van der Waals surface area contributed by atoms with E-state index in [1.54, 1.807) is 18.2 Å². The van der Waals surface area contributed by atoms with Crippen LogP contribution in [0.25, 0.3) is 0 Å². The summed E-state index contributed by atoms with van der Waals surface area (Å²) in [6, 6.07) is 9.82. The number of nitrogens with one attached hydrogen (secondary N) is 1. The summed E-state index contributed by atoms with van der Waals surface area (Å²) in [6.07, 6.45) is 0. The maximum absolute atomic E-state index is 12.9. The zero-order valence-electron chi connectivity index (χ0n) is 17.6. The monoisotopic (exact) mass is 652 g/mol. The predicted molar refractivity (Wildman–Crippen MR) is 146 cm³/mol. The van der Waals surface area contributed by atoms with E-state index in [4.69, 9.17) is 34.8 Å². The fourth-order valence-electron chi connectivity index (χ4n) is 3.46. The number of nitrogens with zero attached hydrogens (tertiary/aromatic N) is 1. The maximum atomic E-state index is 12.9. The fourth-order valence-corrected chi connectivity index (χ4v) is 8.08. The molecule has 2 aromatic rings. The Morgan fingerprint density at radius 3 is 2.60 bits per heavy atom. The number of benzene rings is 2. The van der Waals surface area contributed by atoms with Gasteiger partial charge in [-0.25, -0.2) is 4.79 Å². The number of rotatable bonds is 8. The Morgan fingerprint density at radius 1 is 1.20 bits per heavy atom. The van der Waals surface area contributed by atoms with E-state index in [2.05, 4.69) is 21.2 Å². The Morgan fingerprint density at radius 2 is 1.94 bits per heavy atom. The Hall–Kier alpha value is -1.01. The predicted octanol–water partition coefficient (Wildman–Crippen LogP) is 6.08. The first-order valence-corrected chi connectivity index (χ1v) is 14.9. The molecular formula is C22H16BrCl3N2O4S3. The van der Waals surface area contributed by atoms with E-state index in [1.807, 2.05) is 18.2 Å². The average Bonchev–Trinajstić information content (AvgIpc) is 2.82. The normalized spacial score (nSPS) is 19.3. The molecule has 184 valence electrons. The van der Waals surface area contributed by atoms with E-state index >= 15 is 0 Å². The Bertz CT molecular complexity index is 1250. The molecule has 0 aromatic heterocycles. The van der Waals surface area contributed by atoms with Gasteiger partial charge in [-0.1, -0.05) is 41.0 Å². The summed E-state index contributed by atoms with van der Waals surface area (Å²) in [6.45, 7) is 0. The van der Waals surface area contributed by atoms with Crippen LogP contribution in [-0.4, -0.2) is 50.7 Å². The summed E-state index contributed by atoms with van der Waals surface area (Å²) in [5.41, 5.74) is 0.881. The lowest BCUT2D eigenvalue weighted by Crippen LogP contribution is -2.70. The van der Waals surface area contributed by atoms with Crippen LogP contribution in [0.3, 0.4) is 0 Å². The molecule has 35 heavy (non-hydrogen) atoms. The van der Waals surface area contributed by atoms with Gasteiger partial charge in [0.2, 0.25) is 5.91 Å². The van der Waals surface area contributed by atoms with Crippen LogP contribution in [0.15, 0.2) is 61.3 Å². The van der Waals surface area contributed by atoms with Gasteiger partial charge in [-0.2, -0.15) is 0 Å². The van der Waals surface area contributed by atoms with Gasteiger partial charge in [0, 0.05) is 35.8 Å². The lowest BCUT2D eigenvalue weighted by molar-refractivity contribution is -0.150. The van der Waals surface area contributed by atoms with Crippen LogP contribution >= 0.6 is 86.0 Å². The Balaban J connectivity index is 1.43. The molecular weight excluding hydrogens is 639 g/mol. The number of fused-ring (bicyclic) bond motifs is 1. The number of carboxylic acid groups (broad SMARTS) is 1. The first-order valence-electron chi connectivity index (χ1n) is 10.00. The molecule has 6 nitrogen and oxygen atoms in total. The molecule has 1 saturated heterocycles. The van der Waals surface area contributed by atoms with Crippen LogP contribution in [0.2, 0.25) is 10.0 Å². The number of halogens is 4. The zero-order valence-corrected chi connectivity index (χ0v) is 23.9. The molecule has 2 amide bonds. The topological polar surface area (TPSA) is 86.7 Å². The molecule has 2 heterocycles. The number of carbonyl (C=O) groups is 3. The Labute approximate surface area is 237 Å². The molecule has 2 aromatic carbocycles. The summed E-state index contributed by atoms with van der Waals surface area (Å²) in [7, 11) is 0. The van der Waals surface area contributed by atoms with Crippen LogP contribution in [-0.2, 0) is 20.3 Å². The number of carboxylic acids is 1. The molecule has 2 N–H and O–H groups in total. The highest BCUT2D eigenvalue weighted by atomic mass is 79.9. The largest absolute Gasteiger partial charge is 0.477 e. The van der Waals surface area contributed by atoms with Crippen LogP contribution in [0, 0.1) is 0 Å². The van der Waals surface area contributed by atoms with Crippen molar-refractivity contribution in [1.29, 1.82) is 0 Å². The third-order valence-electron chi connectivity index (χ3n) is 5.09. The summed E-state index contributed by atoms with van der Waals surface area (Å²) in [5.74, 6) is -1.16. The molecule has 0 aliphatic carbocycles. The van der Waals surface area contributed by atoms with Crippen molar-refractivity contribution in [3.05, 3.63) is 67.1 Å². The van der Waals surface area contributed by atoms with Crippen molar-refractivity contribution in [3.63, 3.8) is 0 Å². The van der Waals surface area contributed by atoms with Crippen LogP contribution in [0.5, 0.6) is 0 Å². The van der Waals surface area contributed by atoms with Crippen LogP contribution < -0.4 is 5.32 Å². The van der Waals surface area contributed by atoms with Crippen LogP contribution in [0.4, 0.5) is 0 Å². The van der Waals surface area contributed by atoms with Gasteiger partial charge in [0.15, 0.2) is 0 Å². The van der Waals surface area contributed by atoms with Gasteiger partial charge in [0.05, 0.1) is 10.8 Å². The molecule has 4 rings (SSSR count). The molecule has 0 saturated carbocycles. The minimum absolute atomic E-state index is 0.0510. The van der Waals surface area contributed by atoms with E-state index in [-0.39, 0.29) is 17.4 Å². The molecule has 2 aliphatic rings. The van der Waals surface area contributed by atoms with Crippen molar-refractivity contribution in [2.75, 3.05) is 11.5 Å². The van der Waals surface area contributed by atoms with E-state index in [0.29, 0.717) is 31.5 Å². The summed E-state index contributed by atoms with van der Waals surface area (Å²) < 4.78 is 0.795. The second-order valence-electron chi connectivity index (χ2n) is 7.40. The number of thioether (sulfide) groups is 3. The van der Waals surface area contributed by atoms with E-state index in [1.165, 1.54) is 40.2 Å². The third-order valence-corrected chi connectivity index (χ3v) is 10.7. The third kappa shape index (κ3) is 5.95. The highest BCUT2D eigenvalue weighted by Gasteiger charge is 2.54. The number of carbonyl (C=O) groups excluding carboxylic acids is 2. The Kier molecular flexibility index (Phi) is 8.95. The number of β-lactam (4-membered cyclic amide) rings is 1. The van der Waals surface area contributed by atoms with Crippen molar-refractivity contribution in [2.24, 2.45) is 0 Å².